The first-order valence-corrected chi connectivity index (χ1v) is 9.59. The zero-order valence-electron chi connectivity index (χ0n) is 16.4. The van der Waals surface area contributed by atoms with E-state index in [0.717, 1.165) is 12.8 Å². The van der Waals surface area contributed by atoms with Crippen molar-refractivity contribution in [3.8, 4) is 5.75 Å². The number of amides is 1. The van der Waals surface area contributed by atoms with Crippen LogP contribution in [-0.4, -0.2) is 52.3 Å². The van der Waals surface area contributed by atoms with Crippen LogP contribution in [0, 0.1) is 0 Å². The average Bonchev–Trinajstić information content (AvgIpc) is 2.74. The van der Waals surface area contributed by atoms with Gasteiger partial charge >= 0.3 is 0 Å². The van der Waals surface area contributed by atoms with Gasteiger partial charge in [-0.25, -0.2) is 9.97 Å². The Hall–Kier alpha value is -3.42. The van der Waals surface area contributed by atoms with Crippen LogP contribution in [0.3, 0.4) is 0 Å². The molecule has 3 N–H and O–H groups in total. The van der Waals surface area contributed by atoms with Crippen LogP contribution in [0.2, 0.25) is 0 Å². The van der Waals surface area contributed by atoms with E-state index in [0.29, 0.717) is 36.8 Å². The van der Waals surface area contributed by atoms with Crippen LogP contribution in [-0.2, 0) is 4.79 Å². The Morgan fingerprint density at radius 1 is 1.34 bits per heavy atom. The molecular formula is C21H25N5O3. The molecule has 152 valence electrons. The third kappa shape index (κ3) is 4.71. The molecule has 0 bridgehead atoms. The van der Waals surface area contributed by atoms with Gasteiger partial charge in [0.15, 0.2) is 5.78 Å². The monoisotopic (exact) mass is 395 g/mol. The first kappa shape index (κ1) is 20.3. The van der Waals surface area contributed by atoms with E-state index in [1.54, 1.807) is 29.2 Å². The Balaban J connectivity index is 1.82. The first-order valence-electron chi connectivity index (χ1n) is 9.59. The Labute approximate surface area is 169 Å². The Morgan fingerprint density at radius 3 is 2.79 bits per heavy atom. The molecule has 1 unspecified atom stereocenters. The number of carbonyl (C=O) groups excluding carboxylic acids is 2. The van der Waals surface area contributed by atoms with Crippen molar-refractivity contribution in [1.29, 1.82) is 0 Å². The quantitative estimate of drug-likeness (QED) is 0.546. The molecule has 8 nitrogen and oxygen atoms in total. The summed E-state index contributed by atoms with van der Waals surface area (Å²) in [4.78, 5) is 35.0. The van der Waals surface area contributed by atoms with Crippen molar-refractivity contribution in [2.24, 2.45) is 0 Å². The summed E-state index contributed by atoms with van der Waals surface area (Å²) in [7, 11) is 0. The van der Waals surface area contributed by atoms with E-state index >= 15 is 0 Å². The summed E-state index contributed by atoms with van der Waals surface area (Å²) in [5.41, 5.74) is 6.71. The molecule has 0 aliphatic carbocycles. The van der Waals surface area contributed by atoms with E-state index in [2.05, 4.69) is 21.9 Å². The number of ether oxygens (including phenoxy) is 1. The van der Waals surface area contributed by atoms with Crippen molar-refractivity contribution in [3.05, 3.63) is 54.4 Å². The molecule has 1 fully saturated rings. The van der Waals surface area contributed by atoms with Crippen LogP contribution in [0.1, 0.15) is 35.7 Å². The molecule has 1 aromatic heterocycles. The molecule has 2 heterocycles. The van der Waals surface area contributed by atoms with Crippen molar-refractivity contribution >= 4 is 23.3 Å². The summed E-state index contributed by atoms with van der Waals surface area (Å²) < 4.78 is 5.42. The van der Waals surface area contributed by atoms with Gasteiger partial charge in [-0.15, -0.1) is 0 Å². The largest absolute Gasteiger partial charge is 0.494 e. The molecule has 1 amide bonds. The fourth-order valence-electron chi connectivity index (χ4n) is 3.36. The maximum Gasteiger partial charge on any atom is 0.246 e. The molecule has 2 aromatic rings. The molecule has 1 atom stereocenters. The summed E-state index contributed by atoms with van der Waals surface area (Å²) >= 11 is 0. The van der Waals surface area contributed by atoms with Gasteiger partial charge in [-0.1, -0.05) is 6.58 Å². The second kappa shape index (κ2) is 9.18. The van der Waals surface area contributed by atoms with Crippen LogP contribution in [0.25, 0.3) is 0 Å². The molecule has 1 aliphatic rings. The van der Waals surface area contributed by atoms with Gasteiger partial charge in [0.2, 0.25) is 5.91 Å². The van der Waals surface area contributed by atoms with Gasteiger partial charge in [0, 0.05) is 24.7 Å². The number of ketones is 1. The van der Waals surface area contributed by atoms with Gasteiger partial charge in [-0.2, -0.15) is 0 Å². The number of nitrogens with two attached hydrogens (primary N) is 1. The average molecular weight is 395 g/mol. The minimum absolute atomic E-state index is 0.0474. The number of piperidine rings is 1. The third-order valence-electron chi connectivity index (χ3n) is 4.78. The zero-order valence-corrected chi connectivity index (χ0v) is 16.4. The summed E-state index contributed by atoms with van der Waals surface area (Å²) in [6.45, 7) is 7.18. The molecule has 3 rings (SSSR count). The minimum Gasteiger partial charge on any atom is -0.494 e. The van der Waals surface area contributed by atoms with Gasteiger partial charge in [0.05, 0.1) is 6.61 Å². The maximum atomic E-state index is 13.1. The lowest BCUT2D eigenvalue weighted by molar-refractivity contribution is -0.127. The predicted molar refractivity (Wildman–Crippen MR) is 111 cm³/mol. The smallest absolute Gasteiger partial charge is 0.246 e. The molecule has 1 aromatic carbocycles. The summed E-state index contributed by atoms with van der Waals surface area (Å²) in [5.74, 6) is 0.784. The first-order chi connectivity index (χ1) is 14.0. The number of likely N-dealkylation sites (tertiary alicyclic amines) is 1. The fourth-order valence-corrected chi connectivity index (χ4v) is 3.36. The van der Waals surface area contributed by atoms with Gasteiger partial charge in [-0.3, -0.25) is 9.59 Å². The minimum atomic E-state index is -0.275. The van der Waals surface area contributed by atoms with Crippen molar-refractivity contribution in [3.63, 3.8) is 0 Å². The number of hydrogen-bond donors (Lipinski definition) is 2. The molecule has 1 aliphatic heterocycles. The van der Waals surface area contributed by atoms with E-state index in [1.807, 2.05) is 6.92 Å². The summed E-state index contributed by atoms with van der Waals surface area (Å²) in [6.07, 6.45) is 4.33. The van der Waals surface area contributed by atoms with Crippen LogP contribution in [0.4, 0.5) is 11.6 Å². The molecule has 29 heavy (non-hydrogen) atoms. The predicted octanol–water partition coefficient (Wildman–Crippen LogP) is 2.28. The third-order valence-corrected chi connectivity index (χ3v) is 4.78. The number of nitrogen functional groups attached to an aromatic ring is 1. The van der Waals surface area contributed by atoms with Gasteiger partial charge in [0.1, 0.15) is 29.3 Å². The number of anilines is 2. The molecule has 0 radical (unpaired) electrons. The van der Waals surface area contributed by atoms with Crippen molar-refractivity contribution < 1.29 is 14.3 Å². The number of rotatable bonds is 7. The number of aromatic nitrogens is 2. The molecule has 8 heteroatoms. The molecule has 0 spiro atoms. The normalized spacial score (nSPS) is 16.2. The van der Waals surface area contributed by atoms with Gasteiger partial charge in [-0.05, 0) is 50.1 Å². The Bertz CT molecular complexity index is 898. The molecular weight excluding hydrogens is 370 g/mol. The van der Waals surface area contributed by atoms with E-state index in [9.17, 15) is 9.59 Å². The standard InChI is InChI=1S/C21H25N5O3/c1-3-17(27)26-11-5-6-15(12-26)25-21-18(20(22)23-13-24-21)19(28)14-7-9-16(10-8-14)29-4-2/h3,7-10,13,15H,1,4-6,11-12H2,2H3,(H3,22,23,24,25). The van der Waals surface area contributed by atoms with Crippen molar-refractivity contribution in [2.75, 3.05) is 30.7 Å². The number of nitrogens with one attached hydrogen (secondary N) is 1. The Kier molecular flexibility index (Phi) is 6.43. The second-order valence-electron chi connectivity index (χ2n) is 6.74. The number of benzene rings is 1. The van der Waals surface area contributed by atoms with Crippen LogP contribution in [0.5, 0.6) is 5.75 Å². The SMILES string of the molecule is C=CC(=O)N1CCCC(Nc2ncnc(N)c2C(=O)c2ccc(OCC)cc2)C1. The summed E-state index contributed by atoms with van der Waals surface area (Å²) in [5, 5.41) is 3.28. The van der Waals surface area contributed by atoms with Crippen molar-refractivity contribution in [2.45, 2.75) is 25.8 Å². The lowest BCUT2D eigenvalue weighted by Crippen LogP contribution is -2.44. The highest BCUT2D eigenvalue weighted by Crippen LogP contribution is 2.25. The lowest BCUT2D eigenvalue weighted by Gasteiger charge is -2.33. The molecule has 0 saturated carbocycles. The summed E-state index contributed by atoms with van der Waals surface area (Å²) in [6, 6.07) is 6.81. The van der Waals surface area contributed by atoms with E-state index in [1.165, 1.54) is 12.4 Å². The number of nitrogens with zero attached hydrogens (tertiary/aromatic N) is 3. The van der Waals surface area contributed by atoms with E-state index in [-0.39, 0.29) is 29.1 Å². The second-order valence-corrected chi connectivity index (χ2v) is 6.74. The highest BCUT2D eigenvalue weighted by atomic mass is 16.5. The van der Waals surface area contributed by atoms with E-state index < -0.39 is 0 Å². The zero-order chi connectivity index (χ0) is 20.8. The maximum absolute atomic E-state index is 13.1. The fraction of sp³-hybridized carbons (Fsp3) is 0.333. The Morgan fingerprint density at radius 2 is 2.10 bits per heavy atom. The molecule has 1 saturated heterocycles. The topological polar surface area (TPSA) is 110 Å². The van der Waals surface area contributed by atoms with Crippen LogP contribution >= 0.6 is 0 Å². The van der Waals surface area contributed by atoms with Crippen molar-refractivity contribution in [1.82, 2.24) is 14.9 Å². The van der Waals surface area contributed by atoms with Gasteiger partial charge in [0.25, 0.3) is 0 Å². The highest BCUT2D eigenvalue weighted by Gasteiger charge is 2.25. The highest BCUT2D eigenvalue weighted by molar-refractivity contribution is 6.14. The van der Waals surface area contributed by atoms with E-state index in [4.69, 9.17) is 10.5 Å². The number of hydrogen-bond acceptors (Lipinski definition) is 7. The number of carbonyl (C=O) groups is 2. The van der Waals surface area contributed by atoms with Crippen LogP contribution in [0.15, 0.2) is 43.2 Å². The van der Waals surface area contributed by atoms with Gasteiger partial charge < -0.3 is 20.7 Å². The lowest BCUT2D eigenvalue weighted by atomic mass is 10.0. The van der Waals surface area contributed by atoms with Crippen LogP contribution < -0.4 is 15.8 Å².